The third-order valence-electron chi connectivity index (χ3n) is 4.78. The number of aliphatic hydroxyl groups excluding tert-OH is 1. The maximum Gasteiger partial charge on any atom is 0.322 e. The number of benzene rings is 2. The summed E-state index contributed by atoms with van der Waals surface area (Å²) < 4.78 is 0. The number of hydrogen-bond acceptors (Lipinski definition) is 4. The van der Waals surface area contributed by atoms with Crippen molar-refractivity contribution in [3.8, 4) is 11.1 Å². The van der Waals surface area contributed by atoms with Crippen molar-refractivity contribution < 1.29 is 24.6 Å². The van der Waals surface area contributed by atoms with Gasteiger partial charge in [-0.2, -0.15) is 0 Å². The van der Waals surface area contributed by atoms with Gasteiger partial charge in [-0.1, -0.05) is 35.9 Å². The average molecular weight is 400 g/mol. The molecule has 0 saturated heterocycles. The normalized spacial score (nSPS) is 15.2. The standard InChI is InChI=1S/C21H18ClNO5/c1-21(2)15-8-5-12(11-3-6-13(22)7-4-11)9-14(15)18(26)17(19(21)27)20(28)23-10-16(24)25/h3-9,26H,10H2,1-2H3,(H,23,28)(H,24,25). The maximum absolute atomic E-state index is 12.9. The van der Waals surface area contributed by atoms with Crippen molar-refractivity contribution in [2.24, 2.45) is 0 Å². The Morgan fingerprint density at radius 1 is 1.07 bits per heavy atom. The van der Waals surface area contributed by atoms with E-state index in [1.807, 2.05) is 18.2 Å². The average Bonchev–Trinajstić information content (AvgIpc) is 2.65. The van der Waals surface area contributed by atoms with E-state index in [1.165, 1.54) is 0 Å². The lowest BCUT2D eigenvalue weighted by molar-refractivity contribution is -0.138. The highest BCUT2D eigenvalue weighted by Crippen LogP contribution is 2.41. The third kappa shape index (κ3) is 3.39. The van der Waals surface area contributed by atoms with Gasteiger partial charge in [-0.3, -0.25) is 14.4 Å². The summed E-state index contributed by atoms with van der Waals surface area (Å²) in [6.45, 7) is 2.67. The van der Waals surface area contributed by atoms with Gasteiger partial charge in [0.15, 0.2) is 5.78 Å². The number of carboxylic acid groups (broad SMARTS) is 1. The fourth-order valence-electron chi connectivity index (χ4n) is 3.24. The summed E-state index contributed by atoms with van der Waals surface area (Å²) in [6.07, 6.45) is 0. The van der Waals surface area contributed by atoms with Crippen molar-refractivity contribution in [3.05, 3.63) is 64.2 Å². The zero-order chi connectivity index (χ0) is 20.6. The molecule has 0 unspecified atom stereocenters. The first kappa shape index (κ1) is 19.6. The van der Waals surface area contributed by atoms with Crippen LogP contribution in [-0.2, 0) is 19.8 Å². The first-order chi connectivity index (χ1) is 13.1. The molecule has 6 nitrogen and oxygen atoms in total. The number of nitrogens with one attached hydrogen (secondary N) is 1. The Bertz CT molecular complexity index is 1020. The molecule has 0 saturated carbocycles. The minimum absolute atomic E-state index is 0.359. The number of rotatable bonds is 4. The Morgan fingerprint density at radius 2 is 1.68 bits per heavy atom. The molecule has 0 radical (unpaired) electrons. The lowest BCUT2D eigenvalue weighted by Crippen LogP contribution is -2.42. The molecule has 0 aliphatic heterocycles. The predicted octanol–water partition coefficient (Wildman–Crippen LogP) is 3.34. The first-order valence-corrected chi connectivity index (χ1v) is 8.89. The SMILES string of the molecule is CC1(C)C(=O)C(C(=O)NCC(=O)O)=C(O)c2cc(-c3ccc(Cl)cc3)ccc21. The highest BCUT2D eigenvalue weighted by molar-refractivity contribution is 6.30. The molecule has 0 fully saturated rings. The molecular weight excluding hydrogens is 382 g/mol. The van der Waals surface area contributed by atoms with Crippen LogP contribution in [0.15, 0.2) is 48.0 Å². The lowest BCUT2D eigenvalue weighted by Gasteiger charge is -2.32. The van der Waals surface area contributed by atoms with Gasteiger partial charge in [-0.25, -0.2) is 0 Å². The second-order valence-corrected chi connectivity index (χ2v) is 7.46. The number of carbonyl (C=O) groups excluding carboxylic acids is 2. The fraction of sp³-hybridized carbons (Fsp3) is 0.190. The minimum Gasteiger partial charge on any atom is -0.506 e. The molecule has 1 aliphatic rings. The Morgan fingerprint density at radius 3 is 2.29 bits per heavy atom. The summed E-state index contributed by atoms with van der Waals surface area (Å²) in [6, 6.07) is 12.4. The van der Waals surface area contributed by atoms with Crippen molar-refractivity contribution >= 4 is 35.0 Å². The van der Waals surface area contributed by atoms with Crippen LogP contribution in [0.2, 0.25) is 5.02 Å². The van der Waals surface area contributed by atoms with Crippen molar-refractivity contribution in [2.45, 2.75) is 19.3 Å². The quantitative estimate of drug-likeness (QED) is 0.684. The van der Waals surface area contributed by atoms with Crippen molar-refractivity contribution in [1.29, 1.82) is 0 Å². The molecule has 3 rings (SSSR count). The van der Waals surface area contributed by atoms with E-state index in [0.717, 1.165) is 11.1 Å². The minimum atomic E-state index is -1.25. The van der Waals surface area contributed by atoms with E-state index in [4.69, 9.17) is 16.7 Å². The molecule has 144 valence electrons. The molecule has 0 heterocycles. The van der Waals surface area contributed by atoms with Crippen molar-refractivity contribution in [3.63, 3.8) is 0 Å². The smallest absolute Gasteiger partial charge is 0.322 e. The predicted molar refractivity (Wildman–Crippen MR) is 105 cm³/mol. The Kier molecular flexibility index (Phi) is 5.00. The van der Waals surface area contributed by atoms with E-state index < -0.39 is 41.0 Å². The van der Waals surface area contributed by atoms with Gasteiger partial charge >= 0.3 is 5.97 Å². The lowest BCUT2D eigenvalue weighted by atomic mass is 9.70. The van der Waals surface area contributed by atoms with Gasteiger partial charge < -0.3 is 15.5 Å². The van der Waals surface area contributed by atoms with Crippen LogP contribution in [0.1, 0.15) is 25.0 Å². The van der Waals surface area contributed by atoms with E-state index >= 15 is 0 Å². The Labute approximate surface area is 166 Å². The molecule has 0 aromatic heterocycles. The highest BCUT2D eigenvalue weighted by atomic mass is 35.5. The summed E-state index contributed by atoms with van der Waals surface area (Å²) in [4.78, 5) is 36.0. The topological polar surface area (TPSA) is 104 Å². The molecule has 1 aliphatic carbocycles. The molecule has 0 bridgehead atoms. The monoisotopic (exact) mass is 399 g/mol. The number of amides is 1. The van der Waals surface area contributed by atoms with Crippen molar-refractivity contribution in [1.82, 2.24) is 5.32 Å². The van der Waals surface area contributed by atoms with Crippen LogP contribution >= 0.6 is 11.6 Å². The Balaban J connectivity index is 2.13. The van der Waals surface area contributed by atoms with E-state index in [0.29, 0.717) is 16.1 Å². The number of carbonyl (C=O) groups is 3. The van der Waals surface area contributed by atoms with Crippen LogP contribution < -0.4 is 5.32 Å². The molecular formula is C21H18ClNO5. The number of carboxylic acids is 1. The van der Waals surface area contributed by atoms with Gasteiger partial charge in [0.25, 0.3) is 5.91 Å². The molecule has 1 amide bonds. The van der Waals surface area contributed by atoms with Crippen LogP contribution in [0.25, 0.3) is 16.9 Å². The summed E-state index contributed by atoms with van der Waals surface area (Å²) in [5, 5.41) is 22.2. The molecule has 2 aromatic rings. The number of halogens is 1. The Hall–Kier alpha value is -3.12. The van der Waals surface area contributed by atoms with Crippen LogP contribution in [0.4, 0.5) is 0 Å². The first-order valence-electron chi connectivity index (χ1n) is 8.52. The van der Waals surface area contributed by atoms with E-state index in [1.54, 1.807) is 38.1 Å². The van der Waals surface area contributed by atoms with Gasteiger partial charge in [-0.15, -0.1) is 0 Å². The number of fused-ring (bicyclic) bond motifs is 1. The number of ketones is 1. The second kappa shape index (κ2) is 7.13. The number of Topliss-reactive ketones (excluding diaryl/α,β-unsaturated/α-hetero) is 1. The molecule has 28 heavy (non-hydrogen) atoms. The molecule has 2 aromatic carbocycles. The summed E-state index contributed by atoms with van der Waals surface area (Å²) in [5.74, 6) is -3.19. The van der Waals surface area contributed by atoms with Crippen molar-refractivity contribution in [2.75, 3.05) is 6.54 Å². The number of aliphatic hydroxyl groups is 1. The highest BCUT2D eigenvalue weighted by Gasteiger charge is 2.43. The summed E-state index contributed by atoms with van der Waals surface area (Å²) >= 11 is 5.93. The maximum atomic E-state index is 12.9. The van der Waals surface area contributed by atoms with Crippen LogP contribution in [0.5, 0.6) is 0 Å². The third-order valence-corrected chi connectivity index (χ3v) is 5.04. The zero-order valence-corrected chi connectivity index (χ0v) is 16.0. The van der Waals surface area contributed by atoms with E-state index in [9.17, 15) is 19.5 Å². The van der Waals surface area contributed by atoms with E-state index in [-0.39, 0.29) is 0 Å². The van der Waals surface area contributed by atoms with Gasteiger partial charge in [0.1, 0.15) is 17.9 Å². The summed E-state index contributed by atoms with van der Waals surface area (Å²) in [7, 11) is 0. The van der Waals surface area contributed by atoms with Gasteiger partial charge in [0.05, 0.1) is 5.41 Å². The van der Waals surface area contributed by atoms with Crippen LogP contribution in [0.3, 0.4) is 0 Å². The van der Waals surface area contributed by atoms with Crippen LogP contribution in [-0.4, -0.2) is 34.4 Å². The molecule has 0 spiro atoms. The van der Waals surface area contributed by atoms with Crippen LogP contribution in [0, 0.1) is 0 Å². The molecule has 7 heteroatoms. The molecule has 0 atom stereocenters. The summed E-state index contributed by atoms with van der Waals surface area (Å²) in [5.41, 5.74) is 1.08. The van der Waals surface area contributed by atoms with E-state index in [2.05, 4.69) is 5.32 Å². The largest absolute Gasteiger partial charge is 0.506 e. The molecule has 3 N–H and O–H groups in total. The zero-order valence-electron chi connectivity index (χ0n) is 15.2. The fourth-order valence-corrected chi connectivity index (χ4v) is 3.37. The van der Waals surface area contributed by atoms with Gasteiger partial charge in [-0.05, 0) is 48.7 Å². The van der Waals surface area contributed by atoms with Gasteiger partial charge in [0.2, 0.25) is 0 Å². The number of aliphatic carboxylic acids is 1. The van der Waals surface area contributed by atoms with Gasteiger partial charge in [0, 0.05) is 10.6 Å². The second-order valence-electron chi connectivity index (χ2n) is 7.02. The number of hydrogen-bond donors (Lipinski definition) is 3.